The van der Waals surface area contributed by atoms with Gasteiger partial charge in [-0.15, -0.1) is 0 Å². The molecule has 0 bridgehead atoms. The minimum absolute atomic E-state index is 0. The minimum atomic E-state index is 0. The molecule has 0 aliphatic heterocycles. The maximum absolute atomic E-state index is 4.25. The molecule has 0 aromatic carbocycles. The second kappa shape index (κ2) is 76.4. The number of hydrogen-bond acceptors (Lipinski definition) is 0. The third kappa shape index (κ3) is 20.3. The van der Waals surface area contributed by atoms with Gasteiger partial charge in [0.2, 0.25) is 0 Å². The topological polar surface area (TPSA) is 0 Å². The Bertz CT molecular complexity index is 6.00. The first-order valence-corrected chi connectivity index (χ1v) is 0.408. The van der Waals surface area contributed by atoms with Crippen molar-refractivity contribution < 1.29 is 29.5 Å². The smallest absolute Gasteiger partial charge is 1.00 e. The zero-order valence-corrected chi connectivity index (χ0v) is 3.98. The van der Waals surface area contributed by atoms with E-state index in [9.17, 15) is 0 Å². The molecule has 0 aliphatic rings. The zero-order chi connectivity index (χ0) is 2.00. The van der Waals surface area contributed by atoms with Crippen LogP contribution < -0.4 is 12.4 Å². The monoisotopic (exact) mass is 117 g/mol. The number of rotatable bonds is 0. The van der Waals surface area contributed by atoms with Gasteiger partial charge in [0.05, 0.1) is 0 Å². The Balaban J connectivity index is -0.00000000500. The van der Waals surface area contributed by atoms with Crippen LogP contribution in [-0.4, -0.2) is 0 Å². The average Bonchev–Trinajstić information content (AvgIpc) is 1.00. The molecule has 0 aliphatic carbocycles. The van der Waals surface area contributed by atoms with Gasteiger partial charge < -0.3 is 19.0 Å². The molecular weight excluding hydrogens is 114 g/mol. The predicted octanol–water partition coefficient (Wildman–Crippen LogP) is -2.39. The summed E-state index contributed by atoms with van der Waals surface area (Å²) in [7, 11) is 0. The van der Waals surface area contributed by atoms with Gasteiger partial charge >= 0.3 is 17.1 Å². The van der Waals surface area contributed by atoms with Crippen LogP contribution in [0.1, 0.15) is 0 Å². The van der Waals surface area contributed by atoms with Crippen LogP contribution in [0, 0.1) is 6.58 Å². The van der Waals surface area contributed by atoms with Crippen LogP contribution in [0.4, 0.5) is 0 Å². The second-order valence-electron chi connectivity index (χ2n) is 0. The van der Waals surface area contributed by atoms with Gasteiger partial charge in [-0.2, -0.15) is 0 Å². The fourth-order valence-corrected chi connectivity index (χ4v) is 0. The van der Waals surface area contributed by atoms with Crippen LogP contribution in [0.3, 0.4) is 0 Å². The third-order valence-corrected chi connectivity index (χ3v) is 0. The molecule has 0 fully saturated rings. The van der Waals surface area contributed by atoms with Gasteiger partial charge in [0.1, 0.15) is 0 Å². The molecule has 0 unspecified atom stereocenters. The summed E-state index contributed by atoms with van der Waals surface area (Å²) < 4.78 is 0. The molecule has 0 atom stereocenters. The summed E-state index contributed by atoms with van der Waals surface area (Å²) in [6.07, 6.45) is 0. The third-order valence-electron chi connectivity index (χ3n) is 0. The summed E-state index contributed by atoms with van der Waals surface area (Å²) >= 11 is 0. The van der Waals surface area contributed by atoms with E-state index in [1.54, 1.807) is 0 Å². The second-order valence-corrected chi connectivity index (χ2v) is 0. The Kier molecular flexibility index (Phi) is 456. The number of halogens is 1. The van der Waals surface area contributed by atoms with Crippen molar-refractivity contribution in [3.05, 3.63) is 13.2 Å². The van der Waals surface area contributed by atoms with E-state index in [0.29, 0.717) is 0 Å². The van der Waals surface area contributed by atoms with Crippen molar-refractivity contribution in [3.63, 3.8) is 0 Å². The molecular formula is C2H3ClMn. The molecule has 0 N–H and O–H groups in total. The fraction of sp³-hybridized carbons (Fsp3) is 0. The van der Waals surface area contributed by atoms with Crippen molar-refractivity contribution in [1.82, 2.24) is 0 Å². The summed E-state index contributed by atoms with van der Waals surface area (Å²) in [5, 5.41) is 0. The molecule has 0 saturated carbocycles. The molecule has 1 radical (unpaired) electrons. The van der Waals surface area contributed by atoms with Gasteiger partial charge in [0.15, 0.2) is 0 Å². The van der Waals surface area contributed by atoms with Crippen LogP contribution >= 0.6 is 0 Å². The molecule has 0 heterocycles. The Hall–Kier alpha value is 0.549. The van der Waals surface area contributed by atoms with Gasteiger partial charge in [0.25, 0.3) is 0 Å². The molecule has 0 aromatic rings. The summed E-state index contributed by atoms with van der Waals surface area (Å²) in [4.78, 5) is 0. The Morgan fingerprint density at radius 3 is 1.25 bits per heavy atom. The predicted molar refractivity (Wildman–Crippen MR) is 9.93 cm³/mol. The maximum atomic E-state index is 4.25. The van der Waals surface area contributed by atoms with E-state index in [1.165, 1.54) is 0 Å². The number of hydrogen-bond donors (Lipinski definition) is 0. The molecule has 0 saturated heterocycles. The molecule has 0 spiro atoms. The van der Waals surface area contributed by atoms with Gasteiger partial charge in [-0.25, -0.2) is 0 Å². The molecule has 0 nitrogen and oxygen atoms in total. The first-order valence-electron chi connectivity index (χ1n) is 0.408. The summed E-state index contributed by atoms with van der Waals surface area (Å²) in [5.41, 5.74) is 0. The largest absolute Gasteiger partial charge is 2.00 e. The summed E-state index contributed by atoms with van der Waals surface area (Å²) in [6, 6.07) is 0. The van der Waals surface area contributed by atoms with E-state index in [2.05, 4.69) is 13.2 Å². The van der Waals surface area contributed by atoms with Crippen molar-refractivity contribution in [3.8, 4) is 0 Å². The standard InChI is InChI=1S/C2H3.ClH.Mn/c1-2;;/h1H,2H2;1H;/q-1;;+2/p-1. The first kappa shape index (κ1) is 23.9. The Morgan fingerprint density at radius 2 is 1.25 bits per heavy atom. The van der Waals surface area contributed by atoms with Crippen LogP contribution in [0.2, 0.25) is 0 Å². The van der Waals surface area contributed by atoms with Crippen LogP contribution in [-0.2, 0) is 17.1 Å². The summed E-state index contributed by atoms with van der Waals surface area (Å²) in [6.45, 7) is 7.00. The van der Waals surface area contributed by atoms with E-state index < -0.39 is 0 Å². The van der Waals surface area contributed by atoms with Crippen molar-refractivity contribution in [2.45, 2.75) is 0 Å². The van der Waals surface area contributed by atoms with Crippen molar-refractivity contribution in [2.24, 2.45) is 0 Å². The summed E-state index contributed by atoms with van der Waals surface area (Å²) in [5.74, 6) is 0. The van der Waals surface area contributed by atoms with Crippen molar-refractivity contribution >= 4 is 0 Å². The van der Waals surface area contributed by atoms with Crippen LogP contribution in [0.5, 0.6) is 0 Å². The quantitative estimate of drug-likeness (QED) is 0.245. The van der Waals surface area contributed by atoms with E-state index in [1.807, 2.05) is 0 Å². The normalized spacial score (nSPS) is 1.00. The Labute approximate surface area is 43.2 Å². The maximum Gasteiger partial charge on any atom is 2.00 e. The molecule has 0 rings (SSSR count). The van der Waals surface area contributed by atoms with Gasteiger partial charge in [0, 0.05) is 0 Å². The SMILES string of the molecule is [CH-]=C.[Cl-].[Mn+2]. The van der Waals surface area contributed by atoms with E-state index in [-0.39, 0.29) is 29.5 Å². The molecule has 4 heavy (non-hydrogen) atoms. The molecule has 0 amide bonds. The Morgan fingerprint density at radius 1 is 1.25 bits per heavy atom. The van der Waals surface area contributed by atoms with Crippen LogP contribution in [0.25, 0.3) is 0 Å². The van der Waals surface area contributed by atoms with E-state index in [0.717, 1.165) is 0 Å². The molecule has 0 aromatic heterocycles. The van der Waals surface area contributed by atoms with E-state index in [4.69, 9.17) is 0 Å². The molecule has 2 heteroatoms. The van der Waals surface area contributed by atoms with Crippen LogP contribution in [0.15, 0.2) is 6.58 Å². The zero-order valence-electron chi connectivity index (χ0n) is 2.04. The average molecular weight is 117 g/mol. The van der Waals surface area contributed by atoms with E-state index >= 15 is 0 Å². The first-order chi connectivity index (χ1) is 1.00. The minimum Gasteiger partial charge on any atom is -1.00 e. The van der Waals surface area contributed by atoms with Gasteiger partial charge in [-0.05, 0) is 0 Å². The van der Waals surface area contributed by atoms with Crippen molar-refractivity contribution in [2.75, 3.05) is 0 Å². The van der Waals surface area contributed by atoms with Crippen molar-refractivity contribution in [1.29, 1.82) is 0 Å². The molecule has 25 valence electrons. The van der Waals surface area contributed by atoms with Gasteiger partial charge in [-0.1, -0.05) is 0 Å². The van der Waals surface area contributed by atoms with Gasteiger partial charge in [-0.3, -0.25) is 6.58 Å². The fourth-order valence-electron chi connectivity index (χ4n) is 0.